The molecule has 1 aliphatic rings. The standard InChI is InChI=1S/C10H17N5O4S/c1-7-12-9(6-14(7)2)20(17,18)15-3-4-19-8(5-15)10(11)13-16/h6,8,16H,3-5H2,1-2H3,(H2,11,13). The molecule has 1 aliphatic heterocycles. The van der Waals surface area contributed by atoms with Crippen LogP contribution in [0.4, 0.5) is 0 Å². The van der Waals surface area contributed by atoms with Crippen LogP contribution in [0, 0.1) is 6.92 Å². The lowest BCUT2D eigenvalue weighted by Gasteiger charge is -2.30. The minimum absolute atomic E-state index is 0.00610. The summed E-state index contributed by atoms with van der Waals surface area (Å²) >= 11 is 0. The number of aryl methyl sites for hydroxylation is 2. The Hall–Kier alpha value is -1.65. The Bertz CT molecular complexity index is 604. The van der Waals surface area contributed by atoms with Crippen molar-refractivity contribution in [3.05, 3.63) is 12.0 Å². The van der Waals surface area contributed by atoms with Crippen molar-refractivity contribution in [3.63, 3.8) is 0 Å². The fourth-order valence-corrected chi connectivity index (χ4v) is 3.32. The molecule has 1 aromatic heterocycles. The molecule has 2 heterocycles. The highest BCUT2D eigenvalue weighted by Crippen LogP contribution is 2.18. The molecule has 1 unspecified atom stereocenters. The van der Waals surface area contributed by atoms with Crippen LogP contribution in [0.2, 0.25) is 0 Å². The van der Waals surface area contributed by atoms with E-state index < -0.39 is 16.1 Å². The first-order valence-electron chi connectivity index (χ1n) is 5.95. The van der Waals surface area contributed by atoms with Gasteiger partial charge in [0.1, 0.15) is 11.9 Å². The van der Waals surface area contributed by atoms with Crippen LogP contribution < -0.4 is 5.73 Å². The van der Waals surface area contributed by atoms with E-state index in [9.17, 15) is 8.42 Å². The molecular formula is C10H17N5O4S. The summed E-state index contributed by atoms with van der Waals surface area (Å²) in [6.45, 7) is 2.09. The van der Waals surface area contributed by atoms with Crippen LogP contribution in [0.1, 0.15) is 5.82 Å². The molecule has 20 heavy (non-hydrogen) atoms. The lowest BCUT2D eigenvalue weighted by atomic mass is 10.3. The molecule has 9 nitrogen and oxygen atoms in total. The van der Waals surface area contributed by atoms with Gasteiger partial charge in [-0.15, -0.1) is 0 Å². The van der Waals surface area contributed by atoms with Gasteiger partial charge in [-0.3, -0.25) is 0 Å². The quantitative estimate of drug-likeness (QED) is 0.315. The number of rotatable bonds is 3. The van der Waals surface area contributed by atoms with Gasteiger partial charge in [0.2, 0.25) is 0 Å². The van der Waals surface area contributed by atoms with Crippen molar-refractivity contribution in [2.75, 3.05) is 19.7 Å². The van der Waals surface area contributed by atoms with Gasteiger partial charge in [-0.05, 0) is 6.92 Å². The van der Waals surface area contributed by atoms with Gasteiger partial charge in [-0.1, -0.05) is 5.16 Å². The molecule has 1 aromatic rings. The Morgan fingerprint density at radius 1 is 1.65 bits per heavy atom. The van der Waals surface area contributed by atoms with E-state index in [1.807, 2.05) is 0 Å². The molecule has 2 rings (SSSR count). The van der Waals surface area contributed by atoms with Gasteiger partial charge in [0, 0.05) is 26.3 Å². The maximum Gasteiger partial charge on any atom is 0.262 e. The fourth-order valence-electron chi connectivity index (χ4n) is 1.87. The Morgan fingerprint density at radius 3 is 2.90 bits per heavy atom. The van der Waals surface area contributed by atoms with E-state index >= 15 is 0 Å². The summed E-state index contributed by atoms with van der Waals surface area (Å²) in [5.41, 5.74) is 5.45. The summed E-state index contributed by atoms with van der Waals surface area (Å²) in [5.74, 6) is 0.451. The number of nitrogens with zero attached hydrogens (tertiary/aromatic N) is 4. The van der Waals surface area contributed by atoms with E-state index in [1.54, 1.807) is 18.5 Å². The molecule has 1 atom stereocenters. The summed E-state index contributed by atoms with van der Waals surface area (Å²) < 4.78 is 33.1. The van der Waals surface area contributed by atoms with Gasteiger partial charge in [-0.25, -0.2) is 13.4 Å². The SMILES string of the molecule is Cc1nc(S(=O)(=O)N2CCOC(C(N)=NO)C2)cn1C. The number of morpholine rings is 1. The predicted molar refractivity (Wildman–Crippen MR) is 69.9 cm³/mol. The van der Waals surface area contributed by atoms with Crippen LogP contribution in [0.5, 0.6) is 0 Å². The highest BCUT2D eigenvalue weighted by molar-refractivity contribution is 7.89. The van der Waals surface area contributed by atoms with E-state index in [1.165, 1.54) is 10.5 Å². The zero-order valence-electron chi connectivity index (χ0n) is 11.2. The topological polar surface area (TPSA) is 123 Å². The van der Waals surface area contributed by atoms with Crippen LogP contribution in [-0.2, 0) is 21.8 Å². The van der Waals surface area contributed by atoms with E-state index in [2.05, 4.69) is 10.1 Å². The molecule has 3 N–H and O–H groups in total. The first kappa shape index (κ1) is 14.8. The largest absolute Gasteiger partial charge is 0.409 e. The van der Waals surface area contributed by atoms with Gasteiger partial charge < -0.3 is 20.2 Å². The number of sulfonamides is 1. The van der Waals surface area contributed by atoms with Crippen LogP contribution in [0.15, 0.2) is 16.4 Å². The highest BCUT2D eigenvalue weighted by Gasteiger charge is 2.34. The van der Waals surface area contributed by atoms with E-state index in [0.717, 1.165) is 0 Å². The molecule has 0 radical (unpaired) electrons. The molecule has 0 spiro atoms. The number of hydrogen-bond donors (Lipinski definition) is 2. The molecule has 0 bridgehead atoms. The predicted octanol–water partition coefficient (Wildman–Crippen LogP) is -1.14. The number of ether oxygens (including phenoxy) is 1. The maximum atomic E-state index is 12.5. The first-order chi connectivity index (χ1) is 9.36. The smallest absolute Gasteiger partial charge is 0.262 e. The number of amidine groups is 1. The van der Waals surface area contributed by atoms with Gasteiger partial charge in [0.15, 0.2) is 10.9 Å². The molecule has 0 amide bonds. The van der Waals surface area contributed by atoms with Crippen molar-refractivity contribution in [1.29, 1.82) is 0 Å². The van der Waals surface area contributed by atoms with E-state index in [0.29, 0.717) is 5.82 Å². The van der Waals surface area contributed by atoms with E-state index in [-0.39, 0.29) is 30.6 Å². The zero-order chi connectivity index (χ0) is 14.9. The number of aromatic nitrogens is 2. The number of nitrogens with two attached hydrogens (primary N) is 1. The van der Waals surface area contributed by atoms with Crippen LogP contribution in [0.3, 0.4) is 0 Å². The summed E-state index contributed by atoms with van der Waals surface area (Å²) in [4.78, 5) is 4.03. The van der Waals surface area contributed by atoms with Crippen molar-refractivity contribution in [2.45, 2.75) is 18.1 Å². The lowest BCUT2D eigenvalue weighted by Crippen LogP contribution is -2.50. The van der Waals surface area contributed by atoms with Crippen molar-refractivity contribution in [2.24, 2.45) is 17.9 Å². The second-order valence-corrected chi connectivity index (χ2v) is 6.37. The van der Waals surface area contributed by atoms with Crippen molar-refractivity contribution < 1.29 is 18.4 Å². The fraction of sp³-hybridized carbons (Fsp3) is 0.600. The summed E-state index contributed by atoms with van der Waals surface area (Å²) in [5, 5.41) is 11.5. The number of oxime groups is 1. The first-order valence-corrected chi connectivity index (χ1v) is 7.39. The third kappa shape index (κ3) is 2.62. The minimum atomic E-state index is -3.71. The molecule has 0 aliphatic carbocycles. The summed E-state index contributed by atoms with van der Waals surface area (Å²) in [6.07, 6.45) is 0.701. The minimum Gasteiger partial charge on any atom is -0.409 e. The third-order valence-electron chi connectivity index (χ3n) is 3.17. The molecular weight excluding hydrogens is 286 g/mol. The van der Waals surface area contributed by atoms with Crippen LogP contribution in [-0.4, -0.2) is 59.1 Å². The summed E-state index contributed by atoms with van der Waals surface area (Å²) in [7, 11) is -1.99. The molecule has 0 saturated carbocycles. The molecule has 10 heteroatoms. The third-order valence-corrected chi connectivity index (χ3v) is 4.90. The zero-order valence-corrected chi connectivity index (χ0v) is 12.0. The van der Waals surface area contributed by atoms with Crippen molar-refractivity contribution >= 4 is 15.9 Å². The second kappa shape index (κ2) is 5.38. The Kier molecular flexibility index (Phi) is 3.97. The Labute approximate surface area is 116 Å². The Morgan fingerprint density at radius 2 is 2.35 bits per heavy atom. The summed E-state index contributed by atoms with van der Waals surface area (Å²) in [6, 6.07) is 0. The number of imidazole rings is 1. The monoisotopic (exact) mass is 303 g/mol. The van der Waals surface area contributed by atoms with E-state index in [4.69, 9.17) is 15.7 Å². The maximum absolute atomic E-state index is 12.5. The van der Waals surface area contributed by atoms with Crippen molar-refractivity contribution in [3.8, 4) is 0 Å². The van der Waals surface area contributed by atoms with Gasteiger partial charge in [0.05, 0.1) is 6.61 Å². The second-order valence-electron chi connectivity index (χ2n) is 4.48. The Balaban J connectivity index is 2.25. The van der Waals surface area contributed by atoms with Gasteiger partial charge >= 0.3 is 0 Å². The molecule has 1 fully saturated rings. The molecule has 112 valence electrons. The average molecular weight is 303 g/mol. The molecule has 0 aromatic carbocycles. The van der Waals surface area contributed by atoms with Crippen LogP contribution in [0.25, 0.3) is 0 Å². The van der Waals surface area contributed by atoms with Gasteiger partial charge in [-0.2, -0.15) is 4.31 Å². The highest BCUT2D eigenvalue weighted by atomic mass is 32.2. The molecule has 1 saturated heterocycles. The number of hydrogen-bond acceptors (Lipinski definition) is 6. The van der Waals surface area contributed by atoms with Crippen molar-refractivity contribution in [1.82, 2.24) is 13.9 Å². The van der Waals surface area contributed by atoms with Crippen LogP contribution >= 0.6 is 0 Å². The lowest BCUT2D eigenvalue weighted by molar-refractivity contribution is 0.0354. The normalized spacial score (nSPS) is 22.1. The van der Waals surface area contributed by atoms with Gasteiger partial charge in [0.25, 0.3) is 10.0 Å². The average Bonchev–Trinajstić information content (AvgIpc) is 2.78.